The molecule has 0 radical (unpaired) electrons. The molecule has 192 valence electrons. The standard InChI is InChI=1S/C26H29N7O4/c1-35-9-4-17-15-33-24-22(14-29-33)18-10-19(12-20(11-18)32-7-3-5-28-32)27-6-8-31-21(16-37-25(17)30-24)13-23(36-2)26(31)34/h3,5,7,10-12,14-15,21,23,27H,4,6,8-9,13,16H2,1-2H3/t21-,23+/m0/s1. The molecule has 4 aromatic rings. The second-order valence-electron chi connectivity index (χ2n) is 9.24. The van der Waals surface area contributed by atoms with Gasteiger partial charge in [0.25, 0.3) is 5.91 Å². The third-order valence-corrected chi connectivity index (χ3v) is 6.97. The van der Waals surface area contributed by atoms with E-state index < -0.39 is 6.10 Å². The maximum absolute atomic E-state index is 13.0. The Morgan fingerprint density at radius 3 is 2.95 bits per heavy atom. The summed E-state index contributed by atoms with van der Waals surface area (Å²) in [6.07, 6.45) is 8.15. The Balaban J connectivity index is 1.48. The molecule has 11 nitrogen and oxygen atoms in total. The normalized spacial score (nSPS) is 19.5. The van der Waals surface area contributed by atoms with Crippen LogP contribution in [0, 0.1) is 0 Å². The summed E-state index contributed by atoms with van der Waals surface area (Å²) in [5, 5.41) is 12.5. The van der Waals surface area contributed by atoms with E-state index >= 15 is 0 Å². The molecule has 4 bridgehead atoms. The van der Waals surface area contributed by atoms with Gasteiger partial charge in [-0.05, 0) is 29.8 Å². The van der Waals surface area contributed by atoms with Gasteiger partial charge in [-0.1, -0.05) is 0 Å². The van der Waals surface area contributed by atoms with Gasteiger partial charge in [0.05, 0.1) is 24.5 Å². The van der Waals surface area contributed by atoms with Crippen LogP contribution in [0.4, 0.5) is 5.69 Å². The van der Waals surface area contributed by atoms with E-state index in [1.165, 1.54) is 0 Å². The van der Waals surface area contributed by atoms with Crippen molar-refractivity contribution in [3.8, 4) is 22.7 Å². The van der Waals surface area contributed by atoms with Crippen molar-refractivity contribution in [2.75, 3.05) is 45.8 Å². The Bertz CT molecular complexity index is 1420. The van der Waals surface area contributed by atoms with E-state index in [0.29, 0.717) is 50.7 Å². The molecule has 0 aliphatic carbocycles. The molecule has 2 aliphatic rings. The number of aromatic nitrogens is 5. The predicted molar refractivity (Wildman–Crippen MR) is 136 cm³/mol. The van der Waals surface area contributed by atoms with Crippen molar-refractivity contribution in [1.82, 2.24) is 29.3 Å². The van der Waals surface area contributed by atoms with Crippen LogP contribution in [0.25, 0.3) is 22.5 Å². The smallest absolute Gasteiger partial charge is 0.252 e. The molecule has 1 N–H and O–H groups in total. The zero-order chi connectivity index (χ0) is 25.4. The average Bonchev–Trinajstić information content (AvgIpc) is 3.65. The molecule has 0 saturated carbocycles. The predicted octanol–water partition coefficient (Wildman–Crippen LogP) is 2.19. The first-order valence-electron chi connectivity index (χ1n) is 12.4. The van der Waals surface area contributed by atoms with Crippen molar-refractivity contribution in [2.45, 2.75) is 25.0 Å². The molecule has 5 heterocycles. The van der Waals surface area contributed by atoms with E-state index in [1.54, 1.807) is 24.9 Å². The van der Waals surface area contributed by atoms with E-state index in [-0.39, 0.29) is 11.9 Å². The Hall–Kier alpha value is -3.96. The number of methoxy groups -OCH3 is 2. The summed E-state index contributed by atoms with van der Waals surface area (Å²) >= 11 is 0. The molecular formula is C26H29N7O4. The van der Waals surface area contributed by atoms with Crippen LogP contribution in [0.1, 0.15) is 12.0 Å². The van der Waals surface area contributed by atoms with E-state index in [9.17, 15) is 4.79 Å². The summed E-state index contributed by atoms with van der Waals surface area (Å²) < 4.78 is 20.7. The van der Waals surface area contributed by atoms with Crippen molar-refractivity contribution in [2.24, 2.45) is 0 Å². The highest BCUT2D eigenvalue weighted by Crippen LogP contribution is 2.32. The molecule has 2 atom stereocenters. The van der Waals surface area contributed by atoms with Gasteiger partial charge in [0.2, 0.25) is 5.88 Å². The molecule has 0 spiro atoms. The summed E-state index contributed by atoms with van der Waals surface area (Å²) in [5.74, 6) is 0.510. The van der Waals surface area contributed by atoms with Gasteiger partial charge >= 0.3 is 0 Å². The van der Waals surface area contributed by atoms with E-state index in [2.05, 4.69) is 27.6 Å². The fraction of sp³-hybridized carbons (Fsp3) is 0.385. The maximum Gasteiger partial charge on any atom is 0.252 e. The first-order chi connectivity index (χ1) is 18.1. The third kappa shape index (κ3) is 4.40. The van der Waals surface area contributed by atoms with Gasteiger partial charge in [0, 0.05) is 75.6 Å². The van der Waals surface area contributed by atoms with Crippen molar-refractivity contribution >= 4 is 17.2 Å². The van der Waals surface area contributed by atoms with Gasteiger partial charge in [-0.25, -0.2) is 9.20 Å². The molecule has 11 heteroatoms. The molecule has 1 amide bonds. The number of carbonyl (C=O) groups is 1. The summed E-state index contributed by atoms with van der Waals surface area (Å²) in [6.45, 7) is 1.95. The zero-order valence-electron chi connectivity index (χ0n) is 20.8. The van der Waals surface area contributed by atoms with Gasteiger partial charge < -0.3 is 24.4 Å². The Labute approximate surface area is 213 Å². The molecule has 6 rings (SSSR count). The van der Waals surface area contributed by atoms with Gasteiger partial charge in [-0.15, -0.1) is 0 Å². The second-order valence-corrected chi connectivity index (χ2v) is 9.24. The molecule has 37 heavy (non-hydrogen) atoms. The lowest BCUT2D eigenvalue weighted by molar-refractivity contribution is -0.136. The van der Waals surface area contributed by atoms with Crippen LogP contribution in [-0.4, -0.2) is 87.9 Å². The number of rotatable bonds is 5. The van der Waals surface area contributed by atoms with Crippen LogP contribution in [0.15, 0.2) is 49.1 Å². The minimum atomic E-state index is -0.469. The number of nitrogens with one attached hydrogen (secondary N) is 1. The molecule has 2 aliphatic heterocycles. The van der Waals surface area contributed by atoms with Crippen molar-refractivity contribution in [3.63, 3.8) is 0 Å². The quantitative estimate of drug-likeness (QED) is 0.442. The first-order valence-corrected chi connectivity index (χ1v) is 12.4. The lowest BCUT2D eigenvalue weighted by atomic mass is 10.1. The Kier molecular flexibility index (Phi) is 6.23. The Morgan fingerprint density at radius 1 is 1.22 bits per heavy atom. The van der Waals surface area contributed by atoms with Crippen molar-refractivity contribution in [3.05, 3.63) is 54.6 Å². The fourth-order valence-electron chi connectivity index (χ4n) is 5.05. The molecule has 1 aromatic carbocycles. The summed E-state index contributed by atoms with van der Waals surface area (Å²) in [7, 11) is 3.24. The molecular weight excluding hydrogens is 474 g/mol. The monoisotopic (exact) mass is 503 g/mol. The summed E-state index contributed by atoms with van der Waals surface area (Å²) in [4.78, 5) is 19.8. The van der Waals surface area contributed by atoms with Gasteiger partial charge in [-0.3, -0.25) is 4.79 Å². The molecule has 1 saturated heterocycles. The van der Waals surface area contributed by atoms with Gasteiger partial charge in [-0.2, -0.15) is 15.2 Å². The number of anilines is 1. The lowest BCUT2D eigenvalue weighted by Crippen LogP contribution is -2.41. The van der Waals surface area contributed by atoms with Crippen LogP contribution in [0.5, 0.6) is 5.88 Å². The number of carbonyl (C=O) groups excluding carboxylic acids is 1. The third-order valence-electron chi connectivity index (χ3n) is 6.97. The minimum absolute atomic E-state index is 0.0166. The highest BCUT2D eigenvalue weighted by molar-refractivity contribution is 5.84. The fourth-order valence-corrected chi connectivity index (χ4v) is 5.05. The molecule has 3 aromatic heterocycles. The lowest BCUT2D eigenvalue weighted by Gasteiger charge is -2.25. The van der Waals surface area contributed by atoms with Crippen molar-refractivity contribution < 1.29 is 19.0 Å². The molecule has 0 unspecified atom stereocenters. The van der Waals surface area contributed by atoms with Gasteiger partial charge in [0.15, 0.2) is 5.65 Å². The average molecular weight is 504 g/mol. The number of hydrogen-bond acceptors (Lipinski definition) is 8. The first kappa shape index (κ1) is 23.4. The highest BCUT2D eigenvalue weighted by Gasteiger charge is 2.40. The minimum Gasteiger partial charge on any atom is -0.475 e. The number of fused-ring (bicyclic) bond motifs is 5. The molecule has 1 fully saturated rings. The van der Waals surface area contributed by atoms with Crippen LogP contribution in [0.3, 0.4) is 0 Å². The van der Waals surface area contributed by atoms with Gasteiger partial charge in [0.1, 0.15) is 12.7 Å². The summed E-state index contributed by atoms with van der Waals surface area (Å²) in [5.41, 5.74) is 5.22. The van der Waals surface area contributed by atoms with E-state index in [4.69, 9.17) is 19.2 Å². The number of benzene rings is 1. The largest absolute Gasteiger partial charge is 0.475 e. The zero-order valence-corrected chi connectivity index (χ0v) is 20.8. The Morgan fingerprint density at radius 2 is 2.14 bits per heavy atom. The van der Waals surface area contributed by atoms with Crippen LogP contribution < -0.4 is 10.1 Å². The van der Waals surface area contributed by atoms with Crippen LogP contribution in [0.2, 0.25) is 0 Å². The highest BCUT2D eigenvalue weighted by atomic mass is 16.5. The van der Waals surface area contributed by atoms with E-state index in [1.807, 2.05) is 40.3 Å². The van der Waals surface area contributed by atoms with Crippen molar-refractivity contribution in [1.29, 1.82) is 0 Å². The number of nitrogens with zero attached hydrogens (tertiary/aromatic N) is 6. The van der Waals surface area contributed by atoms with Crippen LogP contribution >= 0.6 is 0 Å². The number of amides is 1. The van der Waals surface area contributed by atoms with E-state index in [0.717, 1.165) is 28.1 Å². The SMILES string of the molecule is COCCc1cn2ncc3c2nc1OC[C@@H]1C[C@@H](OC)C(=O)N1CCNc1cc-3cc(-n2cccn2)c1. The summed E-state index contributed by atoms with van der Waals surface area (Å²) in [6, 6.07) is 7.94. The topological polar surface area (TPSA) is 108 Å². The maximum atomic E-state index is 13.0. The number of ether oxygens (including phenoxy) is 3. The van der Waals surface area contributed by atoms with Crippen LogP contribution in [-0.2, 0) is 20.7 Å². The number of hydrogen-bond donors (Lipinski definition) is 1. The second kappa shape index (κ2) is 9.83.